The van der Waals surface area contributed by atoms with Crippen LogP contribution in [0.4, 0.5) is 10.1 Å². The molecule has 0 spiro atoms. The van der Waals surface area contributed by atoms with E-state index in [1.165, 1.54) is 0 Å². The number of hydrogen-bond donors (Lipinski definition) is 1. The summed E-state index contributed by atoms with van der Waals surface area (Å²) >= 11 is 0. The smallest absolute Gasteiger partial charge is 0.282 e. The monoisotopic (exact) mass is 268 g/mol. The minimum absolute atomic E-state index is 0.205. The zero-order valence-corrected chi connectivity index (χ0v) is 10.1. The van der Waals surface area contributed by atoms with E-state index in [0.29, 0.717) is 19.8 Å². The van der Waals surface area contributed by atoms with E-state index in [1.807, 2.05) is 0 Å². The van der Waals surface area contributed by atoms with E-state index < -0.39 is 22.3 Å². The van der Waals surface area contributed by atoms with E-state index in [9.17, 15) is 19.3 Å². The summed E-state index contributed by atoms with van der Waals surface area (Å²) in [5, 5.41) is 13.4. The predicted molar refractivity (Wildman–Crippen MR) is 64.3 cm³/mol. The summed E-state index contributed by atoms with van der Waals surface area (Å²) in [6.45, 7) is 1.58. The van der Waals surface area contributed by atoms with Crippen molar-refractivity contribution in [1.82, 2.24) is 5.32 Å². The second kappa shape index (κ2) is 5.75. The van der Waals surface area contributed by atoms with Gasteiger partial charge in [0.2, 0.25) is 0 Å². The van der Waals surface area contributed by atoms with Crippen LogP contribution in [0.1, 0.15) is 16.8 Å². The van der Waals surface area contributed by atoms with Gasteiger partial charge >= 0.3 is 0 Å². The van der Waals surface area contributed by atoms with E-state index in [0.717, 1.165) is 24.6 Å². The number of ether oxygens (including phenoxy) is 1. The number of carbonyl (C=O) groups excluding carboxylic acids is 1. The number of hydrogen-bond acceptors (Lipinski definition) is 4. The highest BCUT2D eigenvalue weighted by Gasteiger charge is 2.22. The van der Waals surface area contributed by atoms with Gasteiger partial charge in [0.1, 0.15) is 11.4 Å². The fraction of sp³-hybridized carbons (Fsp3) is 0.417. The molecule has 6 nitrogen and oxygen atoms in total. The summed E-state index contributed by atoms with van der Waals surface area (Å²) in [6.07, 6.45) is 0.839. The molecule has 1 aliphatic heterocycles. The number of nitro benzene ring substituents is 1. The quantitative estimate of drug-likeness (QED) is 0.662. The summed E-state index contributed by atoms with van der Waals surface area (Å²) in [6, 6.07) is 2.82. The Labute approximate surface area is 108 Å². The molecule has 1 aromatic rings. The highest BCUT2D eigenvalue weighted by molar-refractivity contribution is 5.98. The number of halogens is 1. The first-order valence-electron chi connectivity index (χ1n) is 5.88. The molecule has 0 saturated carbocycles. The number of nitrogens with one attached hydrogen (secondary N) is 1. The SMILES string of the molecule is O=C(NCC1CCOC1)c1cc(F)ccc1[N+](=O)[O-]. The van der Waals surface area contributed by atoms with Crippen LogP contribution in [0.3, 0.4) is 0 Å². The van der Waals surface area contributed by atoms with Crippen LogP contribution in [0.2, 0.25) is 0 Å². The van der Waals surface area contributed by atoms with Crippen LogP contribution in [0.5, 0.6) is 0 Å². The standard InChI is InChI=1S/C12H13FN2O4/c13-9-1-2-11(15(17)18)10(5-9)12(16)14-6-8-3-4-19-7-8/h1-2,5,8H,3-4,6-7H2,(H,14,16). The Morgan fingerprint density at radius 3 is 3.00 bits per heavy atom. The van der Waals surface area contributed by atoms with Gasteiger partial charge in [0.25, 0.3) is 11.6 Å². The van der Waals surface area contributed by atoms with Gasteiger partial charge in [-0.1, -0.05) is 0 Å². The molecule has 0 aromatic heterocycles. The minimum Gasteiger partial charge on any atom is -0.381 e. The first-order valence-corrected chi connectivity index (χ1v) is 5.88. The lowest BCUT2D eigenvalue weighted by Crippen LogP contribution is -2.30. The van der Waals surface area contributed by atoms with Gasteiger partial charge in [-0.2, -0.15) is 0 Å². The normalized spacial score (nSPS) is 18.3. The Morgan fingerprint density at radius 1 is 1.58 bits per heavy atom. The molecule has 1 saturated heterocycles. The summed E-state index contributed by atoms with van der Waals surface area (Å²) in [5.74, 6) is -1.12. The van der Waals surface area contributed by atoms with Crippen molar-refractivity contribution in [2.45, 2.75) is 6.42 Å². The predicted octanol–water partition coefficient (Wildman–Crippen LogP) is 1.50. The Morgan fingerprint density at radius 2 is 2.37 bits per heavy atom. The molecule has 0 radical (unpaired) electrons. The van der Waals surface area contributed by atoms with Crippen molar-refractivity contribution >= 4 is 11.6 Å². The molecule has 1 unspecified atom stereocenters. The summed E-state index contributed by atoms with van der Waals surface area (Å²) in [5.41, 5.74) is -0.662. The summed E-state index contributed by atoms with van der Waals surface area (Å²) < 4.78 is 18.2. The zero-order valence-electron chi connectivity index (χ0n) is 10.1. The Bertz CT molecular complexity index is 501. The maximum absolute atomic E-state index is 13.1. The molecular weight excluding hydrogens is 255 g/mol. The minimum atomic E-state index is -0.701. The van der Waals surface area contributed by atoms with Gasteiger partial charge in [0, 0.05) is 25.1 Å². The second-order valence-electron chi connectivity index (χ2n) is 4.36. The molecule has 0 bridgehead atoms. The average molecular weight is 268 g/mol. The Balaban J connectivity index is 2.08. The highest BCUT2D eigenvalue weighted by Crippen LogP contribution is 2.19. The third kappa shape index (κ3) is 3.25. The molecule has 1 amide bonds. The van der Waals surface area contributed by atoms with Crippen LogP contribution < -0.4 is 5.32 Å². The molecule has 7 heteroatoms. The molecule has 1 heterocycles. The molecule has 1 N–H and O–H groups in total. The largest absolute Gasteiger partial charge is 0.381 e. The van der Waals surface area contributed by atoms with E-state index in [-0.39, 0.29) is 11.5 Å². The Hall–Kier alpha value is -2.02. The van der Waals surface area contributed by atoms with Gasteiger partial charge in [-0.25, -0.2) is 4.39 Å². The van der Waals surface area contributed by atoms with Crippen molar-refractivity contribution < 1.29 is 18.8 Å². The third-order valence-corrected chi connectivity index (χ3v) is 2.98. The maximum Gasteiger partial charge on any atom is 0.282 e. The highest BCUT2D eigenvalue weighted by atomic mass is 19.1. The van der Waals surface area contributed by atoms with Crippen LogP contribution in [-0.4, -0.2) is 30.6 Å². The molecule has 19 heavy (non-hydrogen) atoms. The van der Waals surface area contributed by atoms with Crippen molar-refractivity contribution in [3.8, 4) is 0 Å². The summed E-state index contributed by atoms with van der Waals surface area (Å²) in [7, 11) is 0. The van der Waals surface area contributed by atoms with Gasteiger partial charge in [-0.15, -0.1) is 0 Å². The Kier molecular flexibility index (Phi) is 4.06. The number of amides is 1. The number of nitrogens with zero attached hydrogens (tertiary/aromatic N) is 1. The fourth-order valence-corrected chi connectivity index (χ4v) is 1.93. The number of carbonyl (C=O) groups is 1. The number of benzene rings is 1. The third-order valence-electron chi connectivity index (χ3n) is 2.98. The molecule has 102 valence electrons. The van der Waals surface area contributed by atoms with Crippen molar-refractivity contribution in [2.75, 3.05) is 19.8 Å². The molecule has 1 fully saturated rings. The zero-order chi connectivity index (χ0) is 13.8. The van der Waals surface area contributed by atoms with E-state index >= 15 is 0 Å². The molecule has 2 rings (SSSR count). The first-order chi connectivity index (χ1) is 9.08. The second-order valence-corrected chi connectivity index (χ2v) is 4.36. The molecule has 0 aliphatic carbocycles. The van der Waals surface area contributed by atoms with E-state index in [2.05, 4.69) is 5.32 Å². The van der Waals surface area contributed by atoms with Crippen molar-refractivity contribution in [1.29, 1.82) is 0 Å². The van der Waals surface area contributed by atoms with E-state index in [4.69, 9.17) is 4.74 Å². The number of rotatable bonds is 4. The average Bonchev–Trinajstić information content (AvgIpc) is 2.88. The van der Waals surface area contributed by atoms with Gasteiger partial charge in [0.15, 0.2) is 0 Å². The van der Waals surface area contributed by atoms with Gasteiger partial charge in [0.05, 0.1) is 11.5 Å². The molecular formula is C12H13FN2O4. The fourth-order valence-electron chi connectivity index (χ4n) is 1.93. The maximum atomic E-state index is 13.1. The number of nitro groups is 1. The van der Waals surface area contributed by atoms with Crippen LogP contribution in [0.25, 0.3) is 0 Å². The van der Waals surface area contributed by atoms with Crippen LogP contribution in [0, 0.1) is 21.8 Å². The van der Waals surface area contributed by atoms with Gasteiger partial charge in [-0.05, 0) is 18.6 Å². The van der Waals surface area contributed by atoms with Gasteiger partial charge in [-0.3, -0.25) is 14.9 Å². The summed E-state index contributed by atoms with van der Waals surface area (Å²) in [4.78, 5) is 21.9. The lowest BCUT2D eigenvalue weighted by Gasteiger charge is -2.09. The molecule has 1 aliphatic rings. The topological polar surface area (TPSA) is 81.5 Å². The van der Waals surface area contributed by atoms with Crippen molar-refractivity contribution in [2.24, 2.45) is 5.92 Å². The molecule has 1 aromatic carbocycles. The van der Waals surface area contributed by atoms with Gasteiger partial charge < -0.3 is 10.1 Å². The lowest BCUT2D eigenvalue weighted by molar-refractivity contribution is -0.385. The van der Waals surface area contributed by atoms with Crippen LogP contribution in [0.15, 0.2) is 18.2 Å². The lowest BCUT2D eigenvalue weighted by atomic mass is 10.1. The van der Waals surface area contributed by atoms with Crippen LogP contribution in [-0.2, 0) is 4.74 Å². The van der Waals surface area contributed by atoms with E-state index in [1.54, 1.807) is 0 Å². The van der Waals surface area contributed by atoms with Crippen molar-refractivity contribution in [3.05, 3.63) is 39.7 Å². The molecule has 1 atom stereocenters. The van der Waals surface area contributed by atoms with Crippen LogP contribution >= 0.6 is 0 Å². The van der Waals surface area contributed by atoms with Crippen molar-refractivity contribution in [3.63, 3.8) is 0 Å². The first kappa shape index (κ1) is 13.4.